The third-order valence-electron chi connectivity index (χ3n) is 5.49. The molecule has 0 bridgehead atoms. The van der Waals surface area contributed by atoms with E-state index in [4.69, 9.17) is 4.99 Å². The van der Waals surface area contributed by atoms with Crippen molar-refractivity contribution in [1.82, 2.24) is 10.2 Å². The molecule has 1 fully saturated rings. The molecular weight excluding hydrogens is 422 g/mol. The van der Waals surface area contributed by atoms with Crippen molar-refractivity contribution in [2.45, 2.75) is 26.4 Å². The molecule has 1 saturated heterocycles. The summed E-state index contributed by atoms with van der Waals surface area (Å²) in [6.07, 6.45) is -0.193. The molecule has 2 heterocycles. The lowest BCUT2D eigenvalue weighted by Gasteiger charge is -2.30. The minimum atomic E-state index is -0.997. The Hall–Kier alpha value is -3.00. The van der Waals surface area contributed by atoms with Gasteiger partial charge < -0.3 is 20.4 Å². The Labute approximate surface area is 193 Å². The van der Waals surface area contributed by atoms with Crippen LogP contribution in [0, 0.1) is 6.92 Å². The van der Waals surface area contributed by atoms with Gasteiger partial charge in [-0.3, -0.25) is 4.79 Å². The molecule has 2 N–H and O–H groups in total. The lowest BCUT2D eigenvalue weighted by Crippen LogP contribution is -2.49. The Morgan fingerprint density at radius 1 is 1.16 bits per heavy atom. The molecule has 0 saturated carbocycles. The maximum Gasteiger partial charge on any atom is 0.321 e. The summed E-state index contributed by atoms with van der Waals surface area (Å²) in [5, 5.41) is 5.63. The van der Waals surface area contributed by atoms with Crippen LogP contribution in [0.15, 0.2) is 53.5 Å². The molecule has 7 nitrogen and oxygen atoms in total. The van der Waals surface area contributed by atoms with Crippen molar-refractivity contribution < 1.29 is 9.59 Å². The van der Waals surface area contributed by atoms with Crippen LogP contribution < -0.4 is 15.5 Å². The second kappa shape index (κ2) is 10.1. The number of nitrogens with zero attached hydrogens (tertiary/aromatic N) is 3. The van der Waals surface area contributed by atoms with Crippen LogP contribution in [0.5, 0.6) is 0 Å². The second-order valence-electron chi connectivity index (χ2n) is 7.93. The van der Waals surface area contributed by atoms with Gasteiger partial charge in [-0.1, -0.05) is 31.2 Å². The van der Waals surface area contributed by atoms with Gasteiger partial charge >= 0.3 is 6.03 Å². The minimum Gasteiger partial charge on any atom is -0.355 e. The normalized spacial score (nSPS) is 18.5. The van der Waals surface area contributed by atoms with E-state index in [9.17, 15) is 9.59 Å². The molecule has 32 heavy (non-hydrogen) atoms. The Kier molecular flexibility index (Phi) is 6.99. The van der Waals surface area contributed by atoms with Gasteiger partial charge in [-0.05, 0) is 43.2 Å². The third-order valence-corrected chi connectivity index (χ3v) is 6.43. The molecule has 0 aromatic heterocycles. The molecular formula is C24H29N5O2S. The number of fused-ring (bicyclic) bond motifs is 1. The number of aliphatic imine (C=N–C) groups is 1. The highest BCUT2D eigenvalue weighted by molar-refractivity contribution is 7.99. The van der Waals surface area contributed by atoms with E-state index in [1.54, 1.807) is 4.90 Å². The van der Waals surface area contributed by atoms with Gasteiger partial charge in [0.1, 0.15) is 5.84 Å². The number of aryl methyl sites for hydroxylation is 1. The quantitative estimate of drug-likeness (QED) is 0.743. The van der Waals surface area contributed by atoms with Crippen LogP contribution >= 0.6 is 11.8 Å². The molecule has 1 unspecified atom stereocenters. The fraction of sp³-hybridized carbons (Fsp3) is 0.375. The molecule has 2 aliphatic heterocycles. The number of amidine groups is 1. The minimum absolute atomic E-state index is 0.222. The van der Waals surface area contributed by atoms with E-state index < -0.39 is 12.2 Å². The van der Waals surface area contributed by atoms with Gasteiger partial charge in [0.05, 0.1) is 5.69 Å². The van der Waals surface area contributed by atoms with Crippen molar-refractivity contribution in [2.24, 2.45) is 4.99 Å². The van der Waals surface area contributed by atoms with Crippen LogP contribution in [-0.4, -0.2) is 60.0 Å². The first-order valence-electron chi connectivity index (χ1n) is 11.0. The lowest BCUT2D eigenvalue weighted by atomic mass is 10.1. The molecule has 4 rings (SSSR count). The highest BCUT2D eigenvalue weighted by Crippen LogP contribution is 2.28. The summed E-state index contributed by atoms with van der Waals surface area (Å²) >= 11 is 1.92. The SMILES string of the molecule is CCCN1C(=O)C(NC(=O)Nc2cccc(C)c2)N=C(N2CCSCC2)c2ccccc21. The zero-order valence-corrected chi connectivity index (χ0v) is 19.3. The predicted molar refractivity (Wildman–Crippen MR) is 132 cm³/mol. The third kappa shape index (κ3) is 4.91. The first kappa shape index (κ1) is 22.2. The van der Waals surface area contributed by atoms with Gasteiger partial charge in [0.15, 0.2) is 0 Å². The summed E-state index contributed by atoms with van der Waals surface area (Å²) in [6, 6.07) is 15.0. The van der Waals surface area contributed by atoms with Crippen LogP contribution in [0.2, 0.25) is 0 Å². The number of benzodiazepines with no additional fused rings is 1. The van der Waals surface area contributed by atoms with Gasteiger partial charge in [0.2, 0.25) is 6.17 Å². The predicted octanol–water partition coefficient (Wildman–Crippen LogP) is 3.69. The summed E-state index contributed by atoms with van der Waals surface area (Å²) in [6.45, 7) is 6.29. The molecule has 2 aliphatic rings. The number of carbonyl (C=O) groups excluding carboxylic acids is 2. The Balaban J connectivity index is 1.67. The summed E-state index contributed by atoms with van der Waals surface area (Å²) in [7, 11) is 0. The van der Waals surface area contributed by atoms with E-state index in [0.717, 1.165) is 53.7 Å². The van der Waals surface area contributed by atoms with Crippen LogP contribution in [0.25, 0.3) is 0 Å². The largest absolute Gasteiger partial charge is 0.355 e. The molecule has 8 heteroatoms. The molecule has 0 radical (unpaired) electrons. The lowest BCUT2D eigenvalue weighted by molar-refractivity contribution is -0.120. The van der Waals surface area contributed by atoms with E-state index >= 15 is 0 Å². The molecule has 3 amide bonds. The molecule has 0 aliphatic carbocycles. The number of hydrogen-bond donors (Lipinski definition) is 2. The summed E-state index contributed by atoms with van der Waals surface area (Å²) in [5.74, 6) is 2.58. The fourth-order valence-corrected chi connectivity index (χ4v) is 4.90. The van der Waals surface area contributed by atoms with Crippen LogP contribution in [-0.2, 0) is 4.79 Å². The van der Waals surface area contributed by atoms with Gasteiger partial charge in [0, 0.05) is 42.4 Å². The first-order valence-corrected chi connectivity index (χ1v) is 12.2. The summed E-state index contributed by atoms with van der Waals surface area (Å²) in [5.41, 5.74) is 3.50. The second-order valence-corrected chi connectivity index (χ2v) is 9.15. The topological polar surface area (TPSA) is 77.0 Å². The number of thioether (sulfide) groups is 1. The zero-order valence-electron chi connectivity index (χ0n) is 18.5. The van der Waals surface area contributed by atoms with E-state index in [0.29, 0.717) is 12.2 Å². The maximum atomic E-state index is 13.5. The number of para-hydroxylation sites is 1. The molecule has 168 valence electrons. The van der Waals surface area contributed by atoms with Gasteiger partial charge in [-0.15, -0.1) is 0 Å². The number of anilines is 2. The number of hydrogen-bond acceptors (Lipinski definition) is 5. The monoisotopic (exact) mass is 451 g/mol. The van der Waals surface area contributed by atoms with Crippen molar-refractivity contribution in [2.75, 3.05) is 41.4 Å². The average Bonchev–Trinajstić information content (AvgIpc) is 2.90. The average molecular weight is 452 g/mol. The van der Waals surface area contributed by atoms with Crippen LogP contribution in [0.1, 0.15) is 24.5 Å². The van der Waals surface area contributed by atoms with Crippen molar-refractivity contribution in [3.05, 3.63) is 59.7 Å². The van der Waals surface area contributed by atoms with E-state index in [1.165, 1.54) is 0 Å². The fourth-order valence-electron chi connectivity index (χ4n) is 4.00. The Morgan fingerprint density at radius 3 is 2.69 bits per heavy atom. The summed E-state index contributed by atoms with van der Waals surface area (Å²) in [4.78, 5) is 35.1. The number of rotatable bonds is 4. The summed E-state index contributed by atoms with van der Waals surface area (Å²) < 4.78 is 0. The van der Waals surface area contributed by atoms with E-state index in [-0.39, 0.29) is 5.91 Å². The number of urea groups is 1. The van der Waals surface area contributed by atoms with Gasteiger partial charge in [0.25, 0.3) is 5.91 Å². The number of nitrogens with one attached hydrogen (secondary N) is 2. The number of benzene rings is 2. The Bertz CT molecular complexity index is 1020. The smallest absolute Gasteiger partial charge is 0.321 e. The zero-order chi connectivity index (χ0) is 22.5. The van der Waals surface area contributed by atoms with Crippen molar-refractivity contribution in [1.29, 1.82) is 0 Å². The van der Waals surface area contributed by atoms with Gasteiger partial charge in [-0.2, -0.15) is 11.8 Å². The van der Waals surface area contributed by atoms with Gasteiger partial charge in [-0.25, -0.2) is 9.79 Å². The van der Waals surface area contributed by atoms with Crippen molar-refractivity contribution >= 4 is 40.9 Å². The van der Waals surface area contributed by atoms with Crippen molar-refractivity contribution in [3.8, 4) is 0 Å². The molecule has 2 aromatic carbocycles. The Morgan fingerprint density at radius 2 is 1.94 bits per heavy atom. The maximum absolute atomic E-state index is 13.5. The van der Waals surface area contributed by atoms with E-state index in [1.807, 2.05) is 74.1 Å². The highest BCUT2D eigenvalue weighted by Gasteiger charge is 2.34. The van der Waals surface area contributed by atoms with E-state index in [2.05, 4.69) is 15.5 Å². The van der Waals surface area contributed by atoms with Crippen LogP contribution in [0.3, 0.4) is 0 Å². The van der Waals surface area contributed by atoms with Crippen LogP contribution in [0.4, 0.5) is 16.2 Å². The number of amides is 3. The first-order chi connectivity index (χ1) is 15.6. The molecule has 2 aromatic rings. The van der Waals surface area contributed by atoms with Crippen molar-refractivity contribution in [3.63, 3.8) is 0 Å². The standard InChI is InChI=1S/C24H29N5O2S/c1-3-11-29-20-10-5-4-9-19(20)22(28-12-14-32-15-13-28)26-21(23(29)30)27-24(31)25-18-8-6-7-17(2)16-18/h4-10,16,21H,3,11-15H2,1-2H3,(H2,25,27,31). The molecule has 0 spiro atoms. The number of carbonyl (C=O) groups is 2. The molecule has 1 atom stereocenters. The highest BCUT2D eigenvalue weighted by atomic mass is 32.2.